The molecule has 0 aliphatic carbocycles. The van der Waals surface area contributed by atoms with E-state index in [-0.39, 0.29) is 18.5 Å². The highest BCUT2D eigenvalue weighted by Crippen LogP contribution is 2.26. The number of esters is 1. The topological polar surface area (TPSA) is 99.5 Å². The van der Waals surface area contributed by atoms with Crippen molar-refractivity contribution in [1.29, 1.82) is 0 Å². The number of thiophene rings is 1. The van der Waals surface area contributed by atoms with Crippen LogP contribution in [0.25, 0.3) is 10.2 Å². The lowest BCUT2D eigenvalue weighted by Gasteiger charge is -2.18. The molecule has 0 saturated heterocycles. The fourth-order valence-electron chi connectivity index (χ4n) is 3.64. The Hall–Kier alpha value is -3.98. The molecule has 2 aromatic heterocycles. The van der Waals surface area contributed by atoms with Crippen LogP contribution in [0.5, 0.6) is 5.75 Å². The van der Waals surface area contributed by atoms with Crippen molar-refractivity contribution in [2.24, 2.45) is 0 Å². The number of aryl methyl sites for hydroxylation is 3. The number of fused-ring (bicyclic) bond motifs is 1. The van der Waals surface area contributed by atoms with Gasteiger partial charge < -0.3 is 14.8 Å². The SMILES string of the molecule is COc1cccc(NC(=O)C(OC(=O)CCn2cnc3sc(C)c(C)c3c2=O)c2ccccc2)c1. The quantitative estimate of drug-likeness (QED) is 0.367. The minimum Gasteiger partial charge on any atom is -0.497 e. The van der Waals surface area contributed by atoms with Gasteiger partial charge in [0, 0.05) is 28.7 Å². The monoisotopic (exact) mass is 491 g/mol. The maximum atomic E-state index is 13.1. The van der Waals surface area contributed by atoms with Crippen molar-refractivity contribution in [3.05, 3.63) is 87.3 Å². The second kappa shape index (κ2) is 10.5. The van der Waals surface area contributed by atoms with Gasteiger partial charge >= 0.3 is 5.97 Å². The zero-order valence-electron chi connectivity index (χ0n) is 19.6. The molecule has 0 aliphatic heterocycles. The average molecular weight is 492 g/mol. The molecule has 8 nitrogen and oxygen atoms in total. The summed E-state index contributed by atoms with van der Waals surface area (Å²) in [6.45, 7) is 3.93. The molecule has 1 N–H and O–H groups in total. The van der Waals surface area contributed by atoms with Gasteiger partial charge in [0.25, 0.3) is 11.5 Å². The lowest BCUT2D eigenvalue weighted by molar-refractivity contribution is -0.155. The molecule has 35 heavy (non-hydrogen) atoms. The van der Waals surface area contributed by atoms with Gasteiger partial charge in [-0.3, -0.25) is 19.0 Å². The number of aromatic nitrogens is 2. The number of amides is 1. The molecule has 0 spiro atoms. The summed E-state index contributed by atoms with van der Waals surface area (Å²) in [6, 6.07) is 15.7. The number of nitrogens with one attached hydrogen (secondary N) is 1. The molecule has 4 aromatic rings. The van der Waals surface area contributed by atoms with Gasteiger partial charge in [0.1, 0.15) is 10.6 Å². The van der Waals surface area contributed by atoms with Crippen molar-refractivity contribution in [3.63, 3.8) is 0 Å². The maximum Gasteiger partial charge on any atom is 0.308 e. The molecule has 1 atom stereocenters. The van der Waals surface area contributed by atoms with Gasteiger partial charge in [0.05, 0.1) is 25.2 Å². The van der Waals surface area contributed by atoms with Crippen LogP contribution >= 0.6 is 11.3 Å². The molecule has 1 unspecified atom stereocenters. The van der Waals surface area contributed by atoms with E-state index < -0.39 is 18.0 Å². The Labute approximate surface area is 206 Å². The first kappa shape index (κ1) is 24.2. The summed E-state index contributed by atoms with van der Waals surface area (Å²) in [5.74, 6) is -0.518. The number of benzene rings is 2. The summed E-state index contributed by atoms with van der Waals surface area (Å²) in [4.78, 5) is 44.8. The number of anilines is 1. The maximum absolute atomic E-state index is 13.1. The van der Waals surface area contributed by atoms with Crippen molar-refractivity contribution in [3.8, 4) is 5.75 Å². The minimum absolute atomic E-state index is 0.0912. The normalized spacial score (nSPS) is 11.7. The molecule has 180 valence electrons. The highest BCUT2D eigenvalue weighted by atomic mass is 32.1. The van der Waals surface area contributed by atoms with Crippen LogP contribution in [-0.4, -0.2) is 28.5 Å². The highest BCUT2D eigenvalue weighted by Gasteiger charge is 2.25. The molecule has 0 radical (unpaired) electrons. The summed E-state index contributed by atoms with van der Waals surface area (Å²) in [5.41, 5.74) is 1.75. The number of rotatable bonds is 8. The van der Waals surface area contributed by atoms with Gasteiger partial charge in [-0.2, -0.15) is 0 Å². The average Bonchev–Trinajstić information content (AvgIpc) is 3.16. The number of hydrogen-bond acceptors (Lipinski definition) is 7. The number of ether oxygens (including phenoxy) is 2. The van der Waals surface area contributed by atoms with E-state index in [2.05, 4.69) is 10.3 Å². The third-order valence-corrected chi connectivity index (χ3v) is 6.75. The van der Waals surface area contributed by atoms with Crippen LogP contribution in [0.4, 0.5) is 5.69 Å². The summed E-state index contributed by atoms with van der Waals surface area (Å²) in [6.07, 6.45) is 0.191. The third kappa shape index (κ3) is 5.41. The van der Waals surface area contributed by atoms with Gasteiger partial charge in [-0.05, 0) is 31.5 Å². The lowest BCUT2D eigenvalue weighted by Crippen LogP contribution is -2.27. The summed E-state index contributed by atoms with van der Waals surface area (Å²) in [5, 5.41) is 3.34. The largest absolute Gasteiger partial charge is 0.497 e. The Balaban J connectivity index is 1.49. The minimum atomic E-state index is -1.16. The smallest absolute Gasteiger partial charge is 0.308 e. The van der Waals surface area contributed by atoms with E-state index in [1.165, 1.54) is 29.3 Å². The van der Waals surface area contributed by atoms with Gasteiger partial charge in [-0.15, -0.1) is 11.3 Å². The predicted octanol–water partition coefficient (Wildman–Crippen LogP) is 4.40. The van der Waals surface area contributed by atoms with E-state index in [1.54, 1.807) is 48.5 Å². The van der Waals surface area contributed by atoms with Gasteiger partial charge in [0.2, 0.25) is 6.10 Å². The first-order valence-electron chi connectivity index (χ1n) is 11.0. The van der Waals surface area contributed by atoms with Crippen molar-refractivity contribution in [2.75, 3.05) is 12.4 Å². The first-order valence-corrected chi connectivity index (χ1v) is 11.8. The molecule has 0 bridgehead atoms. The fourth-order valence-corrected chi connectivity index (χ4v) is 4.63. The van der Waals surface area contributed by atoms with Crippen molar-refractivity contribution in [2.45, 2.75) is 32.9 Å². The molecular weight excluding hydrogens is 466 g/mol. The lowest BCUT2D eigenvalue weighted by atomic mass is 10.1. The van der Waals surface area contributed by atoms with Crippen LogP contribution in [0, 0.1) is 13.8 Å². The second-order valence-corrected chi connectivity index (χ2v) is 9.16. The zero-order chi connectivity index (χ0) is 24.9. The van der Waals surface area contributed by atoms with E-state index in [1.807, 2.05) is 19.9 Å². The molecule has 0 saturated carbocycles. The Kier molecular flexibility index (Phi) is 7.26. The van der Waals surface area contributed by atoms with Crippen LogP contribution in [0.2, 0.25) is 0 Å². The van der Waals surface area contributed by atoms with E-state index in [0.29, 0.717) is 27.2 Å². The number of nitrogens with zero attached hydrogens (tertiary/aromatic N) is 2. The summed E-state index contributed by atoms with van der Waals surface area (Å²) < 4.78 is 12.2. The first-order chi connectivity index (χ1) is 16.9. The molecule has 2 aromatic carbocycles. The molecule has 4 rings (SSSR count). The highest BCUT2D eigenvalue weighted by molar-refractivity contribution is 7.18. The summed E-state index contributed by atoms with van der Waals surface area (Å²) >= 11 is 1.47. The molecule has 0 aliphatic rings. The number of hydrogen-bond donors (Lipinski definition) is 1. The van der Waals surface area contributed by atoms with E-state index in [4.69, 9.17) is 9.47 Å². The molecule has 9 heteroatoms. The Morgan fingerprint density at radius 3 is 2.63 bits per heavy atom. The predicted molar refractivity (Wildman–Crippen MR) is 135 cm³/mol. The van der Waals surface area contributed by atoms with E-state index in [0.717, 1.165) is 10.4 Å². The molecule has 1 amide bonds. The van der Waals surface area contributed by atoms with Gasteiger partial charge in [-0.1, -0.05) is 36.4 Å². The van der Waals surface area contributed by atoms with Crippen molar-refractivity contribution in [1.82, 2.24) is 9.55 Å². The molecular formula is C26H25N3O5S. The van der Waals surface area contributed by atoms with Crippen LogP contribution in [0.3, 0.4) is 0 Å². The van der Waals surface area contributed by atoms with Crippen LogP contribution in [0.15, 0.2) is 65.7 Å². The van der Waals surface area contributed by atoms with E-state index >= 15 is 0 Å². The Morgan fingerprint density at radius 1 is 1.11 bits per heavy atom. The Morgan fingerprint density at radius 2 is 1.89 bits per heavy atom. The zero-order valence-corrected chi connectivity index (χ0v) is 20.4. The van der Waals surface area contributed by atoms with Crippen LogP contribution in [0.1, 0.15) is 28.5 Å². The van der Waals surface area contributed by atoms with Crippen molar-refractivity contribution >= 4 is 39.1 Å². The van der Waals surface area contributed by atoms with E-state index in [9.17, 15) is 14.4 Å². The number of carbonyl (C=O) groups is 2. The Bertz CT molecular complexity index is 1430. The number of methoxy groups -OCH3 is 1. The van der Waals surface area contributed by atoms with Gasteiger partial charge in [0.15, 0.2) is 0 Å². The number of carbonyl (C=O) groups excluding carboxylic acids is 2. The standard InChI is InChI=1S/C26H25N3O5S/c1-16-17(2)35-25-22(16)26(32)29(15-27-25)13-12-21(30)34-23(18-8-5-4-6-9-18)24(31)28-19-10-7-11-20(14-19)33-3/h4-11,14-15,23H,12-13H2,1-3H3,(H,28,31). The van der Waals surface area contributed by atoms with Gasteiger partial charge in [-0.25, -0.2) is 4.98 Å². The second-order valence-electron chi connectivity index (χ2n) is 7.96. The third-order valence-electron chi connectivity index (χ3n) is 5.64. The van der Waals surface area contributed by atoms with Crippen LogP contribution < -0.4 is 15.6 Å². The molecule has 0 fully saturated rings. The molecule has 2 heterocycles. The van der Waals surface area contributed by atoms with Crippen LogP contribution in [-0.2, 0) is 20.9 Å². The summed E-state index contributed by atoms with van der Waals surface area (Å²) in [7, 11) is 1.54. The fraction of sp³-hybridized carbons (Fsp3) is 0.231. The van der Waals surface area contributed by atoms with Crippen molar-refractivity contribution < 1.29 is 19.1 Å².